The maximum Gasteiger partial charge on any atom is 0.146 e. The fraction of sp³-hybridized carbons (Fsp3) is 0.368. The van der Waals surface area contributed by atoms with Crippen molar-refractivity contribution >= 4 is 33.1 Å². The minimum absolute atomic E-state index is 0. The molecule has 14 nitrogen and oxygen atoms in total. The van der Waals surface area contributed by atoms with Crippen LogP contribution in [-0.2, 0) is 38.6 Å². The molecule has 14 heteroatoms. The maximum atomic E-state index is 11.2. The molecule has 0 aliphatic heterocycles. The molecule has 3 aromatic heterocycles. The van der Waals surface area contributed by atoms with Gasteiger partial charge in [0.1, 0.15) is 74.2 Å². The molecule has 0 amide bonds. The molecule has 372 valence electrons. The highest BCUT2D eigenvalue weighted by Gasteiger charge is 2.26. The third-order valence-electron chi connectivity index (χ3n) is 12.1. The molecule has 0 saturated carbocycles. The molecule has 0 spiro atoms. The molecule has 0 radical (unpaired) electrons. The lowest BCUT2D eigenvalue weighted by Crippen LogP contribution is -2.14. The Morgan fingerprint density at radius 2 is 0.704 bits per heavy atom. The number of benzene rings is 6. The van der Waals surface area contributed by atoms with Gasteiger partial charge in [0.15, 0.2) is 0 Å². The summed E-state index contributed by atoms with van der Waals surface area (Å²) in [5.41, 5.74) is 11.7. The summed E-state index contributed by atoms with van der Waals surface area (Å²) in [6.07, 6.45) is 3.15. The van der Waals surface area contributed by atoms with E-state index in [2.05, 4.69) is 105 Å². The van der Waals surface area contributed by atoms with Crippen LogP contribution in [0.25, 0.3) is 50.2 Å². The average molecular weight is 960 g/mol. The van der Waals surface area contributed by atoms with Gasteiger partial charge in [-0.25, -0.2) is 0 Å². The molecule has 0 fully saturated rings. The van der Waals surface area contributed by atoms with E-state index in [9.17, 15) is 15.3 Å². The third-order valence-corrected chi connectivity index (χ3v) is 12.1. The Hall–Kier alpha value is -7.16. The maximum absolute atomic E-state index is 11.2. The van der Waals surface area contributed by atoms with Crippen LogP contribution in [0.2, 0.25) is 0 Å². The van der Waals surface area contributed by atoms with Crippen LogP contribution in [0.4, 0.5) is 0 Å². The molecule has 9 rings (SSSR count). The van der Waals surface area contributed by atoms with Gasteiger partial charge in [0.25, 0.3) is 0 Å². The average Bonchev–Trinajstić information content (AvgIpc) is 4.06. The molecule has 0 atom stereocenters. The first-order valence-electron chi connectivity index (χ1n) is 23.9. The molecule has 0 saturated heterocycles. The van der Waals surface area contributed by atoms with Crippen LogP contribution < -0.4 is 0 Å². The zero-order valence-electron chi connectivity index (χ0n) is 42.0. The number of aromatic nitrogens is 9. The van der Waals surface area contributed by atoms with Crippen LogP contribution in [0.3, 0.4) is 0 Å². The van der Waals surface area contributed by atoms with Crippen LogP contribution in [0.1, 0.15) is 116 Å². The van der Waals surface area contributed by atoms with E-state index >= 15 is 0 Å². The van der Waals surface area contributed by atoms with Gasteiger partial charge in [0.2, 0.25) is 0 Å². The molecule has 71 heavy (non-hydrogen) atoms. The summed E-state index contributed by atoms with van der Waals surface area (Å²) >= 11 is 0. The largest absolute Gasteiger partial charge is 0.505 e. The number of hydrogen-bond donors (Lipinski definition) is 3. The Kier molecular flexibility index (Phi) is 15.3. The van der Waals surface area contributed by atoms with Crippen molar-refractivity contribution in [3.8, 4) is 34.3 Å². The normalized spacial score (nSPS) is 12.1. The van der Waals surface area contributed by atoms with Gasteiger partial charge in [-0.3, -0.25) is 0 Å². The van der Waals surface area contributed by atoms with Crippen molar-refractivity contribution in [3.05, 3.63) is 143 Å². The number of fused-ring (bicyclic) bond motifs is 3. The van der Waals surface area contributed by atoms with Gasteiger partial charge >= 0.3 is 0 Å². The first-order valence-corrected chi connectivity index (χ1v) is 23.9. The number of phenolic OH excluding ortho intramolecular Hbond substituents is 3. The highest BCUT2D eigenvalue weighted by molar-refractivity contribution is 5.75. The molecule has 0 bridgehead atoms. The number of ether oxygens (including phenoxy) is 2. The van der Waals surface area contributed by atoms with E-state index in [1.807, 2.05) is 104 Å². The highest BCUT2D eigenvalue weighted by Crippen LogP contribution is 2.39. The second-order valence-electron chi connectivity index (χ2n) is 21.0. The lowest BCUT2D eigenvalue weighted by molar-refractivity contribution is -0.0547. The zero-order valence-corrected chi connectivity index (χ0v) is 42.0. The smallest absolute Gasteiger partial charge is 0.146 e. The second-order valence-corrected chi connectivity index (χ2v) is 21.0. The molecular formula is C57H69N9O5. The lowest BCUT2D eigenvalue weighted by atomic mass is 9.84. The zero-order chi connectivity index (χ0) is 50.0. The molecule has 0 aliphatic carbocycles. The van der Waals surface area contributed by atoms with Crippen molar-refractivity contribution in [2.24, 2.45) is 0 Å². The summed E-state index contributed by atoms with van der Waals surface area (Å²) in [4.78, 5) is 4.58. The fourth-order valence-corrected chi connectivity index (χ4v) is 8.41. The second kappa shape index (κ2) is 21.1. The summed E-state index contributed by atoms with van der Waals surface area (Å²) in [5.74, 6) is 0.644. The number of hydrogen-bond acceptors (Lipinski definition) is 11. The van der Waals surface area contributed by atoms with Crippen LogP contribution in [0.5, 0.6) is 17.2 Å². The van der Waals surface area contributed by atoms with Gasteiger partial charge < -0.3 is 24.8 Å². The van der Waals surface area contributed by atoms with Crippen molar-refractivity contribution < 1.29 is 24.8 Å². The Morgan fingerprint density at radius 3 is 1.00 bits per heavy atom. The number of aryl methyl sites for hydroxylation is 3. The van der Waals surface area contributed by atoms with Crippen molar-refractivity contribution in [1.82, 2.24) is 45.0 Å². The third kappa shape index (κ3) is 11.9. The molecule has 0 aliphatic rings. The van der Waals surface area contributed by atoms with Gasteiger partial charge in [-0.1, -0.05) is 124 Å². The monoisotopic (exact) mass is 960 g/mol. The number of rotatable bonds is 13. The highest BCUT2D eigenvalue weighted by atomic mass is 16.7. The van der Waals surface area contributed by atoms with E-state index in [4.69, 9.17) is 9.47 Å². The summed E-state index contributed by atoms with van der Waals surface area (Å²) in [6.45, 7) is 22.1. The molecule has 6 aromatic carbocycles. The Bertz CT molecular complexity index is 3030. The van der Waals surface area contributed by atoms with Gasteiger partial charge in [0, 0.05) is 29.9 Å². The van der Waals surface area contributed by atoms with Crippen LogP contribution in [0, 0.1) is 6.92 Å². The SMILES string of the molecule is C.CC(C)(C)c1cc(CCCOCOCCCc2cc(-n3nc4ccccc4n3)c(O)c(C(C)(C)C)c2)cc(-n2nc3ccccc3n2)c1O.Cc1cc(-n2nc3ccccc3n2)c(O)c(C(C)(C)C)c1. The molecule has 0 unspecified atom stereocenters. The quantitative estimate of drug-likeness (QED) is 0.0742. The van der Waals surface area contributed by atoms with Crippen LogP contribution in [0.15, 0.2) is 109 Å². The summed E-state index contributed by atoms with van der Waals surface area (Å²) in [5, 5.41) is 60.4. The van der Waals surface area contributed by atoms with Gasteiger partial charge in [0.05, 0.1) is 0 Å². The lowest BCUT2D eigenvalue weighted by Gasteiger charge is -2.23. The standard InChI is InChI=1S/C39H46N6O4.C17H19N3O.CH4/c1-38(2,3)28-21-26(23-34(36(28)46)44-40-30-15-7-8-16-31(30)41-44)13-11-19-48-25-49-20-12-14-27-22-29(39(4,5)6)37(47)35(24-27)45-42-32-17-9-10-18-33(32)43-45;1-11-9-12(17(2,3)4)16(21)15(10-11)20-18-13-7-5-6-8-14(13)19-20;/h7-10,15-18,21-24,46-47H,11-14,19-20,25H2,1-6H3;5-10,21H,1-4H3;1H4. The van der Waals surface area contributed by atoms with Gasteiger partial charge in [-0.05, 0) is 120 Å². The minimum Gasteiger partial charge on any atom is -0.505 e. The molecule has 9 aromatic rings. The number of phenols is 3. The van der Waals surface area contributed by atoms with Gasteiger partial charge in [-0.2, -0.15) is 0 Å². The van der Waals surface area contributed by atoms with E-state index in [0.717, 1.165) is 92.2 Å². The topological polar surface area (TPSA) is 171 Å². The van der Waals surface area contributed by atoms with Crippen LogP contribution in [-0.4, -0.2) is 80.3 Å². The summed E-state index contributed by atoms with van der Waals surface area (Å²) in [6, 6.07) is 35.0. The minimum atomic E-state index is -0.257. The predicted octanol–water partition coefficient (Wildman–Crippen LogP) is 12.1. The van der Waals surface area contributed by atoms with Gasteiger partial charge in [-0.15, -0.1) is 45.0 Å². The van der Waals surface area contributed by atoms with Crippen molar-refractivity contribution in [2.75, 3.05) is 20.0 Å². The van der Waals surface area contributed by atoms with E-state index in [1.165, 1.54) is 14.4 Å². The van der Waals surface area contributed by atoms with E-state index in [1.54, 1.807) is 0 Å². The Balaban J connectivity index is 0.000000281. The number of nitrogens with zero attached hydrogens (tertiary/aromatic N) is 9. The van der Waals surface area contributed by atoms with E-state index in [0.29, 0.717) is 30.3 Å². The molecule has 3 N–H and O–H groups in total. The van der Waals surface area contributed by atoms with Crippen molar-refractivity contribution in [3.63, 3.8) is 0 Å². The van der Waals surface area contributed by atoms with Crippen LogP contribution >= 0.6 is 0 Å². The first-order chi connectivity index (χ1) is 33.2. The van der Waals surface area contributed by atoms with E-state index in [-0.39, 0.29) is 47.7 Å². The van der Waals surface area contributed by atoms with Crippen molar-refractivity contribution in [1.29, 1.82) is 0 Å². The van der Waals surface area contributed by atoms with E-state index < -0.39 is 0 Å². The molecular weight excluding hydrogens is 891 g/mol. The predicted molar refractivity (Wildman–Crippen MR) is 283 cm³/mol. The Morgan fingerprint density at radius 1 is 0.423 bits per heavy atom. The summed E-state index contributed by atoms with van der Waals surface area (Å²) < 4.78 is 11.6. The molecule has 3 heterocycles. The van der Waals surface area contributed by atoms with Crippen molar-refractivity contribution in [2.45, 2.75) is 119 Å². The fourth-order valence-electron chi connectivity index (χ4n) is 8.41. The number of aromatic hydroxyl groups is 3. The first kappa shape index (κ1) is 51.7. The summed E-state index contributed by atoms with van der Waals surface area (Å²) in [7, 11) is 0. The Labute approximate surface area is 416 Å².